The highest BCUT2D eigenvalue weighted by molar-refractivity contribution is 4.96. The van der Waals surface area contributed by atoms with Crippen molar-refractivity contribution in [1.29, 1.82) is 0 Å². The minimum atomic E-state index is 0. The molecule has 0 aromatic carbocycles. The van der Waals surface area contributed by atoms with Crippen molar-refractivity contribution in [2.24, 2.45) is 0 Å². The zero-order chi connectivity index (χ0) is 12.3. The normalized spacial score (nSPS) is 13.7. The first-order valence-electron chi connectivity index (χ1n) is 7.34. The van der Waals surface area contributed by atoms with Crippen molar-refractivity contribution in [2.45, 2.75) is 65.2 Å². The van der Waals surface area contributed by atoms with E-state index in [-0.39, 0.29) is 17.0 Å². The molecule has 0 unspecified atom stereocenters. The number of rotatable bonds is 10. The maximum absolute atomic E-state index is 3.31. The van der Waals surface area contributed by atoms with Gasteiger partial charge < -0.3 is 17.0 Å². The molecule has 0 amide bonds. The summed E-state index contributed by atoms with van der Waals surface area (Å²) in [5.74, 6) is 0. The molecule has 0 fully saturated rings. The monoisotopic (exact) mass is 315 g/mol. The minimum absolute atomic E-state index is 0. The molecule has 1 aliphatic rings. The molecule has 0 aliphatic carbocycles. The average molecular weight is 316 g/mol. The lowest BCUT2D eigenvalue weighted by molar-refractivity contribution is -0.00000378. The number of hydrogen-bond acceptors (Lipinski definition) is 2. The Morgan fingerprint density at radius 1 is 0.778 bits per heavy atom. The van der Waals surface area contributed by atoms with Crippen LogP contribution in [0.25, 0.3) is 0 Å². The molecule has 1 heterocycles. The molecule has 105 valence electrons. The van der Waals surface area contributed by atoms with Gasteiger partial charge in [-0.25, -0.2) is 0 Å². The number of unbranched alkanes of at least 4 members (excludes halogenated alkanes) is 7. The summed E-state index contributed by atoms with van der Waals surface area (Å²) in [4.78, 5) is 4.28. The molecule has 1 aliphatic heterocycles. The second-order valence-electron chi connectivity index (χ2n) is 4.85. The van der Waals surface area contributed by atoms with Crippen molar-refractivity contribution < 1.29 is 17.0 Å². The van der Waals surface area contributed by atoms with Gasteiger partial charge in [-0.3, -0.25) is 0 Å². The molecule has 0 saturated carbocycles. The second kappa shape index (κ2) is 11.8. The number of halogens is 1. The van der Waals surface area contributed by atoms with Gasteiger partial charge in [0.05, 0.1) is 25.5 Å². The smallest absolute Gasteiger partial charge is 0.564 e. The quantitative estimate of drug-likeness (QED) is 0.442. The molecule has 0 N–H and O–H groups in total. The van der Waals surface area contributed by atoms with Gasteiger partial charge in [0.15, 0.2) is 0 Å². The highest BCUT2D eigenvalue weighted by Crippen LogP contribution is 2.13. The lowest BCUT2D eigenvalue weighted by atomic mass is 10.1. The van der Waals surface area contributed by atoms with Crippen LogP contribution in [0.2, 0.25) is 0 Å². The van der Waals surface area contributed by atoms with E-state index in [2.05, 4.69) is 42.7 Å². The summed E-state index contributed by atoms with van der Waals surface area (Å²) in [6.07, 6.45) is 15.3. The number of hydrogen-bond donors (Lipinski definition) is 0. The molecule has 0 bridgehead atoms. The summed E-state index contributed by atoms with van der Waals surface area (Å²) < 4.78 is 0. The van der Waals surface area contributed by atoms with Crippen LogP contribution in [-0.4, -0.2) is 22.9 Å². The Hall–Kier alpha value is -0.310. The van der Waals surface area contributed by atoms with Gasteiger partial charge in [-0.1, -0.05) is 51.9 Å². The fraction of sp³-hybridized carbons (Fsp3) is 0.800. The highest BCUT2D eigenvalue weighted by atomic mass is 79.9. The molecule has 0 spiro atoms. The fourth-order valence-corrected chi connectivity index (χ4v) is 2.11. The van der Waals surface area contributed by atoms with E-state index in [1.807, 2.05) is 0 Å². The number of nitrogens with zero attached hydrogens (tertiary/aromatic N) is 2. The Bertz CT molecular complexity index is 207. The van der Waals surface area contributed by atoms with Gasteiger partial charge in [0.2, 0.25) is 0 Å². The van der Waals surface area contributed by atoms with Crippen LogP contribution in [0, 0.1) is 6.67 Å². The second-order valence-corrected chi connectivity index (χ2v) is 4.85. The Labute approximate surface area is 124 Å². The molecule has 0 aromatic rings. The first-order valence-corrected chi connectivity index (χ1v) is 7.34. The lowest BCUT2D eigenvalue weighted by Gasteiger charge is -2.04. The molecule has 3 heteroatoms. The zero-order valence-electron chi connectivity index (χ0n) is 12.0. The van der Waals surface area contributed by atoms with E-state index in [1.54, 1.807) is 0 Å². The molecular weight excluding hydrogens is 288 g/mol. The predicted molar refractivity (Wildman–Crippen MR) is 74.1 cm³/mol. The summed E-state index contributed by atoms with van der Waals surface area (Å²) in [6.45, 7) is 9.88. The Balaban J connectivity index is 0.00000289. The molecule has 18 heavy (non-hydrogen) atoms. The van der Waals surface area contributed by atoms with Gasteiger partial charge >= 0.3 is 6.67 Å². The van der Waals surface area contributed by atoms with Crippen LogP contribution in [-0.2, 0) is 0 Å². The lowest BCUT2D eigenvalue weighted by Crippen LogP contribution is -3.00. The van der Waals surface area contributed by atoms with Gasteiger partial charge in [-0.05, 0) is 13.3 Å². The molecule has 1 radical (unpaired) electrons. The molecule has 0 aromatic heterocycles. The minimum Gasteiger partial charge on any atom is -1.00 e. The predicted octanol–water partition coefficient (Wildman–Crippen LogP) is 1.24. The van der Waals surface area contributed by atoms with Crippen molar-refractivity contribution in [1.82, 2.24) is 9.80 Å². The standard InChI is InChI=1S/C15H28N2.BrH/c1-3-5-6-7-8-9-10-11-12-17-14-13-16(4-2)15-17;/h13-14H,3-12H2,1-2H3;1H/q+1;/p-1. The summed E-state index contributed by atoms with van der Waals surface area (Å²) in [7, 11) is 0. The van der Waals surface area contributed by atoms with E-state index in [4.69, 9.17) is 0 Å². The van der Waals surface area contributed by atoms with E-state index in [0.29, 0.717) is 0 Å². The highest BCUT2D eigenvalue weighted by Gasteiger charge is 2.28. The third kappa shape index (κ3) is 7.91. The van der Waals surface area contributed by atoms with E-state index >= 15 is 0 Å². The zero-order valence-corrected chi connectivity index (χ0v) is 13.6. The van der Waals surface area contributed by atoms with Gasteiger partial charge in [0.1, 0.15) is 0 Å². The summed E-state index contributed by atoms with van der Waals surface area (Å²) >= 11 is 0. The van der Waals surface area contributed by atoms with Crippen molar-refractivity contribution in [2.75, 3.05) is 13.1 Å². The third-order valence-corrected chi connectivity index (χ3v) is 3.28. The average Bonchev–Trinajstić information content (AvgIpc) is 2.80. The topological polar surface area (TPSA) is 6.48 Å². The van der Waals surface area contributed by atoms with E-state index in [1.165, 1.54) is 51.4 Å². The van der Waals surface area contributed by atoms with Crippen LogP contribution in [0.1, 0.15) is 65.2 Å². The maximum Gasteiger partial charge on any atom is 0.564 e. The maximum atomic E-state index is 3.31. The third-order valence-electron chi connectivity index (χ3n) is 3.28. The Morgan fingerprint density at radius 3 is 1.89 bits per heavy atom. The van der Waals surface area contributed by atoms with Crippen LogP contribution in [0.5, 0.6) is 0 Å². The van der Waals surface area contributed by atoms with Crippen molar-refractivity contribution in [3.8, 4) is 0 Å². The van der Waals surface area contributed by atoms with Crippen LogP contribution in [0.4, 0.5) is 0 Å². The van der Waals surface area contributed by atoms with Crippen molar-refractivity contribution in [3.05, 3.63) is 19.1 Å². The van der Waals surface area contributed by atoms with Gasteiger partial charge in [-0.15, -0.1) is 9.80 Å². The first-order chi connectivity index (χ1) is 8.36. The Kier molecular flexibility index (Phi) is 11.6. The molecular formula is C15H28BrN2. The molecule has 2 nitrogen and oxygen atoms in total. The van der Waals surface area contributed by atoms with Crippen molar-refractivity contribution in [3.63, 3.8) is 0 Å². The van der Waals surface area contributed by atoms with Crippen LogP contribution >= 0.6 is 0 Å². The molecule has 0 saturated heterocycles. The van der Waals surface area contributed by atoms with E-state index in [0.717, 1.165) is 13.1 Å². The van der Waals surface area contributed by atoms with E-state index in [9.17, 15) is 0 Å². The van der Waals surface area contributed by atoms with Gasteiger partial charge in [-0.2, -0.15) is 0 Å². The first kappa shape index (κ1) is 17.7. The molecule has 1 rings (SSSR count). The summed E-state index contributed by atoms with van der Waals surface area (Å²) in [5.41, 5.74) is 0. The van der Waals surface area contributed by atoms with Crippen molar-refractivity contribution >= 4 is 0 Å². The largest absolute Gasteiger partial charge is 1.00 e. The van der Waals surface area contributed by atoms with Crippen LogP contribution in [0.3, 0.4) is 0 Å². The van der Waals surface area contributed by atoms with Crippen LogP contribution in [0.15, 0.2) is 12.4 Å². The van der Waals surface area contributed by atoms with Gasteiger partial charge in [0, 0.05) is 0 Å². The van der Waals surface area contributed by atoms with E-state index < -0.39 is 0 Å². The summed E-state index contributed by atoms with van der Waals surface area (Å²) in [6, 6.07) is 0. The summed E-state index contributed by atoms with van der Waals surface area (Å²) in [5, 5.41) is 0. The van der Waals surface area contributed by atoms with Crippen LogP contribution < -0.4 is 17.0 Å². The molecule has 0 atom stereocenters. The SMILES string of the molecule is CCCCCCCCCCN1[C+]N(CC)C=C1.[Br-]. The fourth-order valence-electron chi connectivity index (χ4n) is 2.11. The Morgan fingerprint density at radius 2 is 1.33 bits per heavy atom. The van der Waals surface area contributed by atoms with Gasteiger partial charge in [0.25, 0.3) is 0 Å².